The van der Waals surface area contributed by atoms with Crippen LogP contribution in [0.5, 0.6) is 5.75 Å². The van der Waals surface area contributed by atoms with Crippen LogP contribution in [0.2, 0.25) is 0 Å². The summed E-state index contributed by atoms with van der Waals surface area (Å²) in [7, 11) is 0. The number of nitrogens with two attached hydrogens (primary N) is 1. The normalized spacial score (nSPS) is 12.8. The van der Waals surface area contributed by atoms with Gasteiger partial charge in [-0.2, -0.15) is 0 Å². The van der Waals surface area contributed by atoms with Crippen LogP contribution in [0.15, 0.2) is 43.0 Å². The van der Waals surface area contributed by atoms with Gasteiger partial charge in [-0.15, -0.1) is 10.2 Å². The lowest BCUT2D eigenvalue weighted by Gasteiger charge is -2.13. The Morgan fingerprint density at radius 3 is 2.91 bits per heavy atom. The van der Waals surface area contributed by atoms with Crippen molar-refractivity contribution < 1.29 is 13.9 Å². The van der Waals surface area contributed by atoms with E-state index in [0.717, 1.165) is 22.6 Å². The predicted octanol–water partition coefficient (Wildman–Crippen LogP) is 2.53. The number of carbonyl (C=O) groups excluding carboxylic acids is 1. The van der Waals surface area contributed by atoms with Crippen molar-refractivity contribution in [1.82, 2.24) is 29.0 Å². The van der Waals surface area contributed by atoms with Crippen LogP contribution in [0, 0.1) is 12.7 Å². The first-order chi connectivity index (χ1) is 16.5. The number of primary amides is 1. The van der Waals surface area contributed by atoms with Gasteiger partial charge in [0.1, 0.15) is 29.2 Å². The number of imidazole rings is 1. The average molecular weight is 458 g/mol. The lowest BCUT2D eigenvalue weighted by Crippen LogP contribution is -2.14. The molecule has 0 bridgehead atoms. The van der Waals surface area contributed by atoms with Gasteiger partial charge in [-0.05, 0) is 31.2 Å². The van der Waals surface area contributed by atoms with Gasteiger partial charge >= 0.3 is 0 Å². The molecule has 10 nitrogen and oxygen atoms in total. The summed E-state index contributed by atoms with van der Waals surface area (Å²) >= 11 is 0. The van der Waals surface area contributed by atoms with Gasteiger partial charge in [0.05, 0.1) is 12.8 Å². The van der Waals surface area contributed by atoms with Gasteiger partial charge in [0, 0.05) is 47.1 Å². The molecule has 1 amide bonds. The van der Waals surface area contributed by atoms with Gasteiger partial charge in [-0.25, -0.2) is 14.4 Å². The molecule has 34 heavy (non-hydrogen) atoms. The van der Waals surface area contributed by atoms with Crippen molar-refractivity contribution in [3.05, 3.63) is 71.3 Å². The maximum absolute atomic E-state index is 14.5. The Kier molecular flexibility index (Phi) is 4.44. The number of pyridine rings is 1. The first-order valence-corrected chi connectivity index (χ1v) is 10.7. The Morgan fingerprint density at radius 1 is 1.18 bits per heavy atom. The molecule has 11 heteroatoms. The number of nitrogens with zero attached hydrogens (tertiary/aromatic N) is 6. The molecule has 0 fully saturated rings. The number of anilines is 1. The number of benzene rings is 1. The van der Waals surface area contributed by atoms with E-state index in [-0.39, 0.29) is 12.4 Å². The third-order valence-corrected chi connectivity index (χ3v) is 6.09. The Hall–Kier alpha value is -4.54. The molecule has 3 N–H and O–H groups in total. The van der Waals surface area contributed by atoms with Gasteiger partial charge in [0.15, 0.2) is 5.65 Å². The largest absolute Gasteiger partial charge is 0.493 e. The van der Waals surface area contributed by atoms with Gasteiger partial charge in [0.25, 0.3) is 5.91 Å². The number of hydrogen-bond donors (Lipinski definition) is 2. The molecular weight excluding hydrogens is 439 g/mol. The minimum Gasteiger partial charge on any atom is -0.493 e. The lowest BCUT2D eigenvalue weighted by molar-refractivity contribution is 0.0994. The zero-order chi connectivity index (χ0) is 23.4. The molecule has 1 aliphatic rings. The third kappa shape index (κ3) is 2.97. The van der Waals surface area contributed by atoms with Crippen LogP contribution in [0.3, 0.4) is 0 Å². The van der Waals surface area contributed by atoms with Crippen LogP contribution >= 0.6 is 0 Å². The van der Waals surface area contributed by atoms with Crippen molar-refractivity contribution in [2.75, 3.05) is 11.9 Å². The average Bonchev–Trinajstić information content (AvgIpc) is 3.58. The minimum absolute atomic E-state index is 0.231. The number of amides is 1. The zero-order valence-corrected chi connectivity index (χ0v) is 18.1. The molecule has 0 radical (unpaired) electrons. The van der Waals surface area contributed by atoms with Gasteiger partial charge < -0.3 is 15.8 Å². The van der Waals surface area contributed by atoms with E-state index in [2.05, 4.69) is 25.5 Å². The number of aryl methyl sites for hydroxylation is 1. The van der Waals surface area contributed by atoms with Gasteiger partial charge in [-0.1, -0.05) is 0 Å². The van der Waals surface area contributed by atoms with Crippen LogP contribution in [-0.4, -0.2) is 41.5 Å². The number of fused-ring (bicyclic) bond motifs is 3. The molecule has 1 aromatic carbocycles. The molecule has 4 aromatic heterocycles. The molecule has 0 spiro atoms. The fourth-order valence-corrected chi connectivity index (χ4v) is 4.45. The van der Waals surface area contributed by atoms with E-state index in [4.69, 9.17) is 10.5 Å². The van der Waals surface area contributed by atoms with Crippen LogP contribution in [-0.2, 0) is 13.0 Å². The second-order valence-electron chi connectivity index (χ2n) is 8.03. The summed E-state index contributed by atoms with van der Waals surface area (Å²) in [5.41, 5.74) is 10.5. The third-order valence-electron chi connectivity index (χ3n) is 6.09. The van der Waals surface area contributed by atoms with E-state index in [1.54, 1.807) is 21.1 Å². The smallest absolute Gasteiger partial charge is 0.267 e. The monoisotopic (exact) mass is 458 g/mol. The summed E-state index contributed by atoms with van der Waals surface area (Å²) in [6.45, 7) is 2.65. The van der Waals surface area contributed by atoms with Crippen LogP contribution < -0.4 is 15.8 Å². The number of ether oxygens (including phenoxy) is 1. The predicted molar refractivity (Wildman–Crippen MR) is 121 cm³/mol. The molecule has 0 aliphatic carbocycles. The van der Waals surface area contributed by atoms with Crippen LogP contribution in [0.25, 0.3) is 22.4 Å². The number of rotatable bonds is 5. The summed E-state index contributed by atoms with van der Waals surface area (Å²) in [4.78, 5) is 20.8. The van der Waals surface area contributed by atoms with Crippen molar-refractivity contribution in [2.45, 2.75) is 19.9 Å². The van der Waals surface area contributed by atoms with E-state index >= 15 is 0 Å². The van der Waals surface area contributed by atoms with Crippen LogP contribution in [0.4, 0.5) is 10.3 Å². The highest BCUT2D eigenvalue weighted by Gasteiger charge is 2.21. The number of hydrogen-bond acceptors (Lipinski definition) is 7. The first kappa shape index (κ1) is 20.1. The number of aromatic nitrogens is 6. The number of carbonyl (C=O) groups is 1. The summed E-state index contributed by atoms with van der Waals surface area (Å²) in [5, 5.41) is 11.5. The Morgan fingerprint density at radius 2 is 2.06 bits per heavy atom. The van der Waals surface area contributed by atoms with Crippen molar-refractivity contribution in [3.63, 3.8) is 0 Å². The Balaban J connectivity index is 1.41. The second-order valence-corrected chi connectivity index (χ2v) is 8.03. The van der Waals surface area contributed by atoms with Crippen molar-refractivity contribution in [3.8, 4) is 16.9 Å². The lowest BCUT2D eigenvalue weighted by atomic mass is 10.0. The molecular formula is C23H19FN8O2. The topological polar surface area (TPSA) is 125 Å². The molecule has 5 aromatic rings. The Labute approximate surface area is 192 Å². The van der Waals surface area contributed by atoms with E-state index in [1.807, 2.05) is 19.1 Å². The Bertz CT molecular complexity index is 1610. The number of nitrogens with one attached hydrogen (secondary N) is 1. The fraction of sp³-hybridized carbons (Fsp3) is 0.174. The van der Waals surface area contributed by atoms with Crippen molar-refractivity contribution >= 4 is 23.1 Å². The molecule has 170 valence electrons. The molecule has 5 heterocycles. The van der Waals surface area contributed by atoms with Crippen LogP contribution in [0.1, 0.15) is 27.3 Å². The first-order valence-electron chi connectivity index (χ1n) is 10.7. The van der Waals surface area contributed by atoms with Gasteiger partial charge in [0.2, 0.25) is 5.95 Å². The maximum atomic E-state index is 14.5. The van der Waals surface area contributed by atoms with Gasteiger partial charge in [-0.3, -0.25) is 13.6 Å². The van der Waals surface area contributed by atoms with E-state index < -0.39 is 5.91 Å². The second kappa shape index (κ2) is 7.51. The summed E-state index contributed by atoms with van der Waals surface area (Å²) in [6, 6.07) is 6.84. The number of halogens is 1. The molecule has 6 rings (SSSR count). The molecule has 0 saturated heterocycles. The summed E-state index contributed by atoms with van der Waals surface area (Å²) < 4.78 is 23.5. The standard InChI is InChI=1S/C23H19FN8O2/c1-12-2-3-14(21-26-10-18(20(25)33)32(12)21)16-9-28-23(31-11-29-30-22(16)31)27-8-15-13-6-7-34-19(13)5-4-17(15)24/h2-5,9-11H,6-8H2,1H3,(H2,25,33)(H,27,28). The van der Waals surface area contributed by atoms with E-state index in [1.165, 1.54) is 18.6 Å². The minimum atomic E-state index is -0.567. The highest BCUT2D eigenvalue weighted by Crippen LogP contribution is 2.32. The van der Waals surface area contributed by atoms with Crippen molar-refractivity contribution in [2.24, 2.45) is 5.73 Å². The molecule has 0 atom stereocenters. The molecule has 1 aliphatic heterocycles. The van der Waals surface area contributed by atoms with E-state index in [0.29, 0.717) is 47.1 Å². The quantitative estimate of drug-likeness (QED) is 0.415. The van der Waals surface area contributed by atoms with Crippen molar-refractivity contribution in [1.29, 1.82) is 0 Å². The molecule has 0 saturated carbocycles. The van der Waals surface area contributed by atoms with E-state index in [9.17, 15) is 9.18 Å². The zero-order valence-electron chi connectivity index (χ0n) is 18.1. The highest BCUT2D eigenvalue weighted by molar-refractivity contribution is 5.94. The summed E-state index contributed by atoms with van der Waals surface area (Å²) in [6.07, 6.45) is 5.31. The molecule has 0 unspecified atom stereocenters. The fourth-order valence-electron chi connectivity index (χ4n) is 4.45. The maximum Gasteiger partial charge on any atom is 0.267 e. The SMILES string of the molecule is Cc1ccc(-c2cnc(NCc3c(F)ccc4c3CCO4)n3cnnc23)c2ncc(C(N)=O)n12. The highest BCUT2D eigenvalue weighted by atomic mass is 19.1. The summed E-state index contributed by atoms with van der Waals surface area (Å²) in [5.74, 6) is 0.321.